The standard InChI is InChI=1S/C7H15NO3S/c1-6(7-2-3-7)8-12(10,11)5-4-9/h6-9H,2-5H2,1H3. The summed E-state index contributed by atoms with van der Waals surface area (Å²) in [7, 11) is -3.24. The molecule has 1 rings (SSSR count). The molecule has 1 saturated carbocycles. The molecule has 0 bridgehead atoms. The van der Waals surface area contributed by atoms with Gasteiger partial charge in [-0.15, -0.1) is 0 Å². The lowest BCUT2D eigenvalue weighted by Gasteiger charge is -2.11. The van der Waals surface area contributed by atoms with E-state index in [0.717, 1.165) is 12.8 Å². The van der Waals surface area contributed by atoms with E-state index in [0.29, 0.717) is 5.92 Å². The van der Waals surface area contributed by atoms with E-state index in [-0.39, 0.29) is 18.4 Å². The summed E-state index contributed by atoms with van der Waals surface area (Å²) in [5, 5.41) is 8.45. The van der Waals surface area contributed by atoms with E-state index in [4.69, 9.17) is 5.11 Å². The smallest absolute Gasteiger partial charge is 0.214 e. The zero-order valence-electron chi connectivity index (χ0n) is 7.16. The maximum absolute atomic E-state index is 11.1. The summed E-state index contributed by atoms with van der Waals surface area (Å²) in [6, 6.07) is 0.0292. The molecule has 1 atom stereocenters. The van der Waals surface area contributed by atoms with Gasteiger partial charge in [-0.1, -0.05) is 0 Å². The molecule has 72 valence electrons. The molecule has 0 radical (unpaired) electrons. The zero-order chi connectivity index (χ0) is 9.19. The van der Waals surface area contributed by atoms with Crippen LogP contribution in [-0.4, -0.2) is 31.9 Å². The van der Waals surface area contributed by atoms with Gasteiger partial charge in [0.05, 0.1) is 12.4 Å². The highest BCUT2D eigenvalue weighted by Crippen LogP contribution is 2.32. The lowest BCUT2D eigenvalue weighted by Crippen LogP contribution is -2.36. The van der Waals surface area contributed by atoms with Crippen molar-refractivity contribution in [2.75, 3.05) is 12.4 Å². The van der Waals surface area contributed by atoms with Gasteiger partial charge in [0.2, 0.25) is 10.0 Å². The first-order valence-electron chi connectivity index (χ1n) is 4.16. The average Bonchev–Trinajstić information content (AvgIpc) is 2.65. The van der Waals surface area contributed by atoms with Crippen molar-refractivity contribution in [2.45, 2.75) is 25.8 Å². The molecule has 1 fully saturated rings. The van der Waals surface area contributed by atoms with Gasteiger partial charge in [-0.25, -0.2) is 13.1 Å². The van der Waals surface area contributed by atoms with E-state index < -0.39 is 10.0 Å². The van der Waals surface area contributed by atoms with Gasteiger partial charge < -0.3 is 5.11 Å². The third-order valence-corrected chi connectivity index (χ3v) is 3.51. The van der Waals surface area contributed by atoms with Crippen LogP contribution in [0.5, 0.6) is 0 Å². The van der Waals surface area contributed by atoms with Gasteiger partial charge in [0.1, 0.15) is 0 Å². The van der Waals surface area contributed by atoms with Gasteiger partial charge in [0.15, 0.2) is 0 Å². The van der Waals surface area contributed by atoms with Crippen molar-refractivity contribution < 1.29 is 13.5 Å². The molecule has 0 saturated heterocycles. The number of aliphatic hydroxyl groups is 1. The van der Waals surface area contributed by atoms with Crippen molar-refractivity contribution in [1.29, 1.82) is 0 Å². The van der Waals surface area contributed by atoms with Crippen LogP contribution in [0, 0.1) is 5.92 Å². The van der Waals surface area contributed by atoms with Gasteiger partial charge in [0, 0.05) is 6.04 Å². The molecule has 0 aromatic carbocycles. The summed E-state index contributed by atoms with van der Waals surface area (Å²) >= 11 is 0. The number of nitrogens with one attached hydrogen (secondary N) is 1. The van der Waals surface area contributed by atoms with Gasteiger partial charge in [-0.05, 0) is 25.7 Å². The molecule has 0 aliphatic heterocycles. The molecule has 1 aliphatic rings. The van der Waals surface area contributed by atoms with Gasteiger partial charge >= 0.3 is 0 Å². The lowest BCUT2D eigenvalue weighted by atomic mass is 10.2. The predicted octanol–water partition coefficient (Wildman–Crippen LogP) is -0.303. The lowest BCUT2D eigenvalue weighted by molar-refractivity contribution is 0.318. The average molecular weight is 193 g/mol. The Balaban J connectivity index is 2.37. The second-order valence-electron chi connectivity index (χ2n) is 3.29. The Hall–Kier alpha value is -0.130. The third kappa shape index (κ3) is 3.08. The second kappa shape index (κ2) is 3.72. The second-order valence-corrected chi connectivity index (χ2v) is 5.16. The Morgan fingerprint density at radius 1 is 1.58 bits per heavy atom. The van der Waals surface area contributed by atoms with E-state index in [1.54, 1.807) is 0 Å². The molecule has 12 heavy (non-hydrogen) atoms. The summed E-state index contributed by atoms with van der Waals surface area (Å²) < 4.78 is 24.7. The van der Waals surface area contributed by atoms with Crippen LogP contribution < -0.4 is 4.72 Å². The first-order valence-corrected chi connectivity index (χ1v) is 5.81. The van der Waals surface area contributed by atoms with E-state index in [2.05, 4.69) is 4.72 Å². The monoisotopic (exact) mass is 193 g/mol. The molecule has 4 nitrogen and oxygen atoms in total. The maximum Gasteiger partial charge on any atom is 0.214 e. The summed E-state index contributed by atoms with van der Waals surface area (Å²) in [5.74, 6) is 0.322. The summed E-state index contributed by atoms with van der Waals surface area (Å²) in [6.07, 6.45) is 2.23. The van der Waals surface area contributed by atoms with Crippen LogP contribution in [0.15, 0.2) is 0 Å². The Morgan fingerprint density at radius 3 is 2.58 bits per heavy atom. The maximum atomic E-state index is 11.1. The Bertz CT molecular complexity index is 233. The number of hydrogen-bond donors (Lipinski definition) is 2. The molecule has 1 aliphatic carbocycles. The minimum Gasteiger partial charge on any atom is -0.395 e. The van der Waals surface area contributed by atoms with Crippen molar-refractivity contribution in [1.82, 2.24) is 4.72 Å². The highest BCUT2D eigenvalue weighted by Gasteiger charge is 2.30. The fraction of sp³-hybridized carbons (Fsp3) is 1.00. The fourth-order valence-corrected chi connectivity index (χ4v) is 2.27. The number of sulfonamides is 1. The first kappa shape index (κ1) is 9.95. The number of rotatable bonds is 5. The van der Waals surface area contributed by atoms with Crippen LogP contribution >= 0.6 is 0 Å². The number of aliphatic hydroxyl groups excluding tert-OH is 1. The topological polar surface area (TPSA) is 66.4 Å². The molecule has 0 amide bonds. The fourth-order valence-electron chi connectivity index (χ4n) is 1.15. The van der Waals surface area contributed by atoms with E-state index in [9.17, 15) is 8.42 Å². The van der Waals surface area contributed by atoms with Crippen molar-refractivity contribution in [3.8, 4) is 0 Å². The van der Waals surface area contributed by atoms with Crippen LogP contribution in [0.4, 0.5) is 0 Å². The quantitative estimate of drug-likeness (QED) is 0.630. The highest BCUT2D eigenvalue weighted by atomic mass is 32.2. The van der Waals surface area contributed by atoms with Crippen molar-refractivity contribution >= 4 is 10.0 Å². The molecule has 0 aromatic rings. The Morgan fingerprint density at radius 2 is 2.17 bits per heavy atom. The van der Waals surface area contributed by atoms with Crippen LogP contribution in [0.25, 0.3) is 0 Å². The minimum atomic E-state index is -3.24. The highest BCUT2D eigenvalue weighted by molar-refractivity contribution is 7.89. The predicted molar refractivity (Wildman–Crippen MR) is 46.2 cm³/mol. The van der Waals surface area contributed by atoms with Crippen molar-refractivity contribution in [3.05, 3.63) is 0 Å². The SMILES string of the molecule is CC(NS(=O)(=O)CCO)C1CC1. The largest absolute Gasteiger partial charge is 0.395 e. The molecule has 1 unspecified atom stereocenters. The van der Waals surface area contributed by atoms with Crippen LogP contribution in [0.2, 0.25) is 0 Å². The molecule has 0 heterocycles. The minimum absolute atomic E-state index is 0.0292. The van der Waals surface area contributed by atoms with E-state index in [1.807, 2.05) is 6.92 Å². The van der Waals surface area contributed by atoms with E-state index >= 15 is 0 Å². The Labute approximate surface area is 73.0 Å². The third-order valence-electron chi connectivity index (χ3n) is 2.05. The summed E-state index contributed by atoms with van der Waals surface area (Å²) in [6.45, 7) is 1.55. The van der Waals surface area contributed by atoms with Crippen LogP contribution in [0.1, 0.15) is 19.8 Å². The molecular formula is C7H15NO3S. The van der Waals surface area contributed by atoms with Gasteiger partial charge in [-0.2, -0.15) is 0 Å². The summed E-state index contributed by atoms with van der Waals surface area (Å²) in [4.78, 5) is 0. The van der Waals surface area contributed by atoms with Gasteiger partial charge in [-0.3, -0.25) is 0 Å². The molecule has 0 spiro atoms. The van der Waals surface area contributed by atoms with E-state index in [1.165, 1.54) is 0 Å². The Kier molecular flexibility index (Phi) is 3.09. The zero-order valence-corrected chi connectivity index (χ0v) is 7.97. The summed E-state index contributed by atoms with van der Waals surface area (Å²) in [5.41, 5.74) is 0. The molecule has 2 N–H and O–H groups in total. The van der Waals surface area contributed by atoms with Crippen LogP contribution in [0.3, 0.4) is 0 Å². The first-order chi connectivity index (χ1) is 5.55. The molecular weight excluding hydrogens is 178 g/mol. The number of hydrogen-bond acceptors (Lipinski definition) is 3. The van der Waals surface area contributed by atoms with Gasteiger partial charge in [0.25, 0.3) is 0 Å². The van der Waals surface area contributed by atoms with Crippen molar-refractivity contribution in [2.24, 2.45) is 5.92 Å². The molecule has 0 aromatic heterocycles. The molecule has 5 heteroatoms. The van der Waals surface area contributed by atoms with Crippen LogP contribution in [-0.2, 0) is 10.0 Å². The van der Waals surface area contributed by atoms with Crippen molar-refractivity contribution in [3.63, 3.8) is 0 Å². The normalized spacial score (nSPS) is 20.8.